The highest BCUT2D eigenvalue weighted by molar-refractivity contribution is 5.12. The number of halogens is 3. The Morgan fingerprint density at radius 3 is 2.67 bits per heavy atom. The fraction of sp³-hybridized carbons (Fsp3) is 0.500. The molecule has 0 heterocycles. The zero-order valence-corrected chi connectivity index (χ0v) is 6.30. The monoisotopic (exact) mass is 178 g/mol. The lowest BCUT2D eigenvalue weighted by Crippen LogP contribution is -2.20. The molecule has 0 aromatic carbocycles. The molecule has 0 saturated carbocycles. The van der Waals surface area contributed by atoms with Crippen molar-refractivity contribution in [1.82, 2.24) is 0 Å². The van der Waals surface area contributed by atoms with E-state index in [0.717, 1.165) is 6.08 Å². The van der Waals surface area contributed by atoms with Crippen molar-refractivity contribution in [2.75, 3.05) is 0 Å². The Hall–Kier alpha value is -0.930. The largest absolute Gasteiger partial charge is 0.512 e. The summed E-state index contributed by atoms with van der Waals surface area (Å²) >= 11 is 0. The summed E-state index contributed by atoms with van der Waals surface area (Å²) in [6.45, 7) is 0. The standard InChI is InChI=1S/C8H9F3O/c9-8(10,11)6-2-1-3-7(12)5-4-6/h1-3,6,12H,4-5H2. The number of rotatable bonds is 0. The molecule has 0 amide bonds. The zero-order chi connectivity index (χ0) is 9.19. The van der Waals surface area contributed by atoms with Gasteiger partial charge in [-0.05, 0) is 12.5 Å². The van der Waals surface area contributed by atoms with Gasteiger partial charge in [-0.25, -0.2) is 0 Å². The topological polar surface area (TPSA) is 20.2 Å². The predicted molar refractivity (Wildman–Crippen MR) is 38.6 cm³/mol. The molecule has 0 saturated heterocycles. The van der Waals surface area contributed by atoms with E-state index in [1.54, 1.807) is 0 Å². The predicted octanol–water partition coefficient (Wildman–Crippen LogP) is 2.96. The number of allylic oxidation sites excluding steroid dienone is 4. The molecule has 1 rings (SSSR count). The average Bonchev–Trinajstić information content (AvgIpc) is 2.11. The van der Waals surface area contributed by atoms with E-state index in [2.05, 4.69) is 0 Å². The average molecular weight is 178 g/mol. The molecular formula is C8H9F3O. The molecule has 0 fully saturated rings. The number of alkyl halides is 3. The normalized spacial score (nSPS) is 24.9. The molecule has 0 bridgehead atoms. The highest BCUT2D eigenvalue weighted by Gasteiger charge is 2.37. The Morgan fingerprint density at radius 1 is 1.42 bits per heavy atom. The van der Waals surface area contributed by atoms with Crippen LogP contribution in [0, 0.1) is 5.92 Å². The van der Waals surface area contributed by atoms with Crippen molar-refractivity contribution in [2.24, 2.45) is 5.92 Å². The van der Waals surface area contributed by atoms with Crippen molar-refractivity contribution in [3.05, 3.63) is 24.0 Å². The highest BCUT2D eigenvalue weighted by atomic mass is 19.4. The number of hydrogen-bond acceptors (Lipinski definition) is 1. The van der Waals surface area contributed by atoms with Gasteiger partial charge in [-0.3, -0.25) is 0 Å². The molecule has 1 nitrogen and oxygen atoms in total. The van der Waals surface area contributed by atoms with Gasteiger partial charge in [0, 0.05) is 6.42 Å². The van der Waals surface area contributed by atoms with Gasteiger partial charge in [-0.15, -0.1) is 0 Å². The van der Waals surface area contributed by atoms with Gasteiger partial charge in [-0.2, -0.15) is 13.2 Å². The Balaban J connectivity index is 2.64. The van der Waals surface area contributed by atoms with Crippen LogP contribution in [0.3, 0.4) is 0 Å². The van der Waals surface area contributed by atoms with Gasteiger partial charge in [0.15, 0.2) is 0 Å². The maximum Gasteiger partial charge on any atom is 0.395 e. The molecule has 1 aliphatic rings. The zero-order valence-electron chi connectivity index (χ0n) is 6.30. The van der Waals surface area contributed by atoms with E-state index in [1.807, 2.05) is 0 Å². The van der Waals surface area contributed by atoms with Crippen molar-refractivity contribution in [3.63, 3.8) is 0 Å². The molecule has 0 spiro atoms. The van der Waals surface area contributed by atoms with Gasteiger partial charge in [0.05, 0.1) is 11.7 Å². The van der Waals surface area contributed by atoms with Gasteiger partial charge < -0.3 is 5.11 Å². The van der Waals surface area contributed by atoms with Crippen LogP contribution in [0.5, 0.6) is 0 Å². The second kappa shape index (κ2) is 3.21. The van der Waals surface area contributed by atoms with E-state index in [-0.39, 0.29) is 18.6 Å². The minimum Gasteiger partial charge on any atom is -0.512 e. The number of hydrogen-bond donors (Lipinski definition) is 1. The number of aliphatic hydroxyl groups excluding tert-OH is 1. The van der Waals surface area contributed by atoms with E-state index in [9.17, 15) is 13.2 Å². The Kier molecular flexibility index (Phi) is 2.45. The van der Waals surface area contributed by atoms with Crippen LogP contribution in [0.1, 0.15) is 12.8 Å². The summed E-state index contributed by atoms with van der Waals surface area (Å²) in [7, 11) is 0. The van der Waals surface area contributed by atoms with Crippen LogP contribution in [0.2, 0.25) is 0 Å². The fourth-order valence-electron chi connectivity index (χ4n) is 1.06. The molecule has 0 aliphatic heterocycles. The van der Waals surface area contributed by atoms with E-state index in [0.29, 0.717) is 0 Å². The molecule has 1 aliphatic carbocycles. The molecule has 0 aromatic heterocycles. The first-order valence-electron chi connectivity index (χ1n) is 3.63. The second-order valence-electron chi connectivity index (χ2n) is 2.73. The third-order valence-corrected chi connectivity index (χ3v) is 1.76. The second-order valence-corrected chi connectivity index (χ2v) is 2.73. The smallest absolute Gasteiger partial charge is 0.395 e. The van der Waals surface area contributed by atoms with Crippen LogP contribution in [0.4, 0.5) is 13.2 Å². The maximum atomic E-state index is 12.1. The third-order valence-electron chi connectivity index (χ3n) is 1.76. The third kappa shape index (κ3) is 2.29. The van der Waals surface area contributed by atoms with E-state index in [4.69, 9.17) is 5.11 Å². The first-order valence-corrected chi connectivity index (χ1v) is 3.63. The molecule has 4 heteroatoms. The molecule has 1 atom stereocenters. The molecule has 1 N–H and O–H groups in total. The first kappa shape index (κ1) is 9.16. The quantitative estimate of drug-likeness (QED) is 0.604. The summed E-state index contributed by atoms with van der Waals surface area (Å²) in [6, 6.07) is 0. The fourth-order valence-corrected chi connectivity index (χ4v) is 1.06. The van der Waals surface area contributed by atoms with Gasteiger partial charge in [0.2, 0.25) is 0 Å². The van der Waals surface area contributed by atoms with Crippen molar-refractivity contribution < 1.29 is 18.3 Å². The van der Waals surface area contributed by atoms with Gasteiger partial charge >= 0.3 is 6.18 Å². The summed E-state index contributed by atoms with van der Waals surface area (Å²) in [5.41, 5.74) is 0. The van der Waals surface area contributed by atoms with E-state index in [1.165, 1.54) is 12.2 Å². The minimum absolute atomic E-state index is 0.0120. The SMILES string of the molecule is OC1=CC=CC(C(F)(F)F)CC1. The summed E-state index contributed by atoms with van der Waals surface area (Å²) in [5, 5.41) is 8.92. The van der Waals surface area contributed by atoms with Crippen LogP contribution < -0.4 is 0 Å². The van der Waals surface area contributed by atoms with Crippen LogP contribution in [0.25, 0.3) is 0 Å². The van der Waals surface area contributed by atoms with Crippen LogP contribution >= 0.6 is 0 Å². The van der Waals surface area contributed by atoms with Gasteiger partial charge in [-0.1, -0.05) is 12.2 Å². The maximum absolute atomic E-state index is 12.1. The van der Waals surface area contributed by atoms with E-state index < -0.39 is 12.1 Å². The molecule has 0 radical (unpaired) electrons. The minimum atomic E-state index is -4.19. The lowest BCUT2D eigenvalue weighted by atomic mass is 10.0. The highest BCUT2D eigenvalue weighted by Crippen LogP contribution is 2.32. The Bertz CT molecular complexity index is 215. The molecule has 68 valence electrons. The van der Waals surface area contributed by atoms with Crippen molar-refractivity contribution in [2.45, 2.75) is 19.0 Å². The Morgan fingerprint density at radius 2 is 2.08 bits per heavy atom. The molecule has 12 heavy (non-hydrogen) atoms. The van der Waals surface area contributed by atoms with E-state index >= 15 is 0 Å². The number of aliphatic hydroxyl groups is 1. The van der Waals surface area contributed by atoms with Crippen molar-refractivity contribution in [1.29, 1.82) is 0 Å². The lowest BCUT2D eigenvalue weighted by molar-refractivity contribution is -0.162. The molecule has 0 aromatic rings. The van der Waals surface area contributed by atoms with Gasteiger partial charge in [0.25, 0.3) is 0 Å². The molecular weight excluding hydrogens is 169 g/mol. The Labute approximate surface area is 68.2 Å². The summed E-state index contributed by atoms with van der Waals surface area (Å²) < 4.78 is 36.3. The van der Waals surface area contributed by atoms with Crippen molar-refractivity contribution in [3.8, 4) is 0 Å². The summed E-state index contributed by atoms with van der Waals surface area (Å²) in [6.07, 6.45) is -0.538. The van der Waals surface area contributed by atoms with Gasteiger partial charge in [0.1, 0.15) is 0 Å². The summed E-state index contributed by atoms with van der Waals surface area (Å²) in [4.78, 5) is 0. The molecule has 1 unspecified atom stereocenters. The van der Waals surface area contributed by atoms with Crippen LogP contribution in [0.15, 0.2) is 24.0 Å². The van der Waals surface area contributed by atoms with Crippen LogP contribution in [-0.4, -0.2) is 11.3 Å². The van der Waals surface area contributed by atoms with Crippen LogP contribution in [-0.2, 0) is 0 Å². The summed E-state index contributed by atoms with van der Waals surface area (Å²) in [5.74, 6) is -1.41. The first-order chi connectivity index (χ1) is 5.50. The lowest BCUT2D eigenvalue weighted by Gasteiger charge is -2.14. The van der Waals surface area contributed by atoms with Crippen molar-refractivity contribution >= 4 is 0 Å².